The van der Waals surface area contributed by atoms with E-state index in [9.17, 15) is 13.2 Å². The van der Waals surface area contributed by atoms with Gasteiger partial charge in [-0.15, -0.1) is 24.0 Å². The van der Waals surface area contributed by atoms with Crippen molar-refractivity contribution in [3.05, 3.63) is 53.7 Å². The van der Waals surface area contributed by atoms with E-state index in [-0.39, 0.29) is 42.4 Å². The van der Waals surface area contributed by atoms with Crippen LogP contribution in [0.15, 0.2) is 47.6 Å². The molecule has 0 saturated carbocycles. The summed E-state index contributed by atoms with van der Waals surface area (Å²) in [6.07, 6.45) is -2.94. The van der Waals surface area contributed by atoms with Crippen molar-refractivity contribution in [3.63, 3.8) is 0 Å². The molecule has 2 rings (SSSR count). The van der Waals surface area contributed by atoms with E-state index in [2.05, 4.69) is 15.3 Å². The molecule has 154 valence electrons. The quantitative estimate of drug-likeness (QED) is 0.247. The van der Waals surface area contributed by atoms with E-state index in [1.807, 2.05) is 24.3 Å². The van der Waals surface area contributed by atoms with Crippen LogP contribution in [-0.2, 0) is 12.6 Å². The zero-order valence-electron chi connectivity index (χ0n) is 15.2. The van der Waals surface area contributed by atoms with E-state index in [0.29, 0.717) is 13.1 Å². The number of halogens is 4. The number of aliphatic imine (C=N–C) groups is 1. The highest BCUT2D eigenvalue weighted by molar-refractivity contribution is 14.0. The molecule has 0 atom stereocenters. The summed E-state index contributed by atoms with van der Waals surface area (Å²) < 4.78 is 47.7. The molecule has 6 nitrogen and oxygen atoms in total. The second-order valence-corrected chi connectivity index (χ2v) is 5.52. The monoisotopic (exact) mass is 510 g/mol. The fourth-order valence-corrected chi connectivity index (χ4v) is 2.12. The molecule has 0 amide bonds. The molecular weight excluding hydrogens is 488 g/mol. The number of nitrogens with one attached hydrogen (secondary N) is 1. The van der Waals surface area contributed by atoms with E-state index in [1.165, 1.54) is 6.07 Å². The minimum absolute atomic E-state index is 0. The van der Waals surface area contributed by atoms with Gasteiger partial charge in [0.1, 0.15) is 12.4 Å². The van der Waals surface area contributed by atoms with Crippen LogP contribution in [0.25, 0.3) is 0 Å². The van der Waals surface area contributed by atoms with Crippen LogP contribution in [0.4, 0.5) is 13.2 Å². The fourth-order valence-electron chi connectivity index (χ4n) is 2.12. The number of pyridine rings is 1. The molecule has 0 bridgehead atoms. The van der Waals surface area contributed by atoms with E-state index in [1.54, 1.807) is 7.11 Å². The third kappa shape index (κ3) is 8.19. The largest absolute Gasteiger partial charge is 0.497 e. The van der Waals surface area contributed by atoms with E-state index in [4.69, 9.17) is 15.2 Å². The average Bonchev–Trinajstić information content (AvgIpc) is 2.65. The molecule has 0 aliphatic carbocycles. The lowest BCUT2D eigenvalue weighted by Gasteiger charge is -2.09. The van der Waals surface area contributed by atoms with Crippen LogP contribution in [0.3, 0.4) is 0 Å². The van der Waals surface area contributed by atoms with Crippen LogP contribution in [0, 0.1) is 0 Å². The van der Waals surface area contributed by atoms with Crippen molar-refractivity contribution in [1.29, 1.82) is 0 Å². The maximum Gasteiger partial charge on any atom is 0.417 e. The van der Waals surface area contributed by atoms with Gasteiger partial charge in [-0.2, -0.15) is 13.2 Å². The van der Waals surface area contributed by atoms with Crippen LogP contribution in [0.2, 0.25) is 0 Å². The number of nitrogens with zero attached hydrogens (tertiary/aromatic N) is 2. The summed E-state index contributed by atoms with van der Waals surface area (Å²) in [7, 11) is 1.61. The first-order chi connectivity index (χ1) is 12.9. The number of rotatable bonds is 8. The van der Waals surface area contributed by atoms with Gasteiger partial charge >= 0.3 is 6.18 Å². The minimum atomic E-state index is -4.41. The first-order valence-electron chi connectivity index (χ1n) is 8.21. The van der Waals surface area contributed by atoms with Gasteiger partial charge in [0, 0.05) is 18.8 Å². The number of alkyl halides is 3. The van der Waals surface area contributed by atoms with Crippen molar-refractivity contribution in [1.82, 2.24) is 10.3 Å². The molecule has 0 spiro atoms. The molecule has 0 unspecified atom stereocenters. The second-order valence-electron chi connectivity index (χ2n) is 5.52. The van der Waals surface area contributed by atoms with Crippen molar-refractivity contribution >= 4 is 29.9 Å². The molecule has 0 saturated heterocycles. The topological polar surface area (TPSA) is 81.8 Å². The predicted molar refractivity (Wildman–Crippen MR) is 111 cm³/mol. The maximum absolute atomic E-state index is 12.4. The Morgan fingerprint density at radius 2 is 1.89 bits per heavy atom. The first-order valence-corrected chi connectivity index (χ1v) is 8.21. The van der Waals surface area contributed by atoms with Crippen molar-refractivity contribution in [2.45, 2.75) is 12.6 Å². The van der Waals surface area contributed by atoms with Crippen LogP contribution in [-0.4, -0.2) is 37.7 Å². The number of nitrogens with two attached hydrogens (primary N) is 1. The van der Waals surface area contributed by atoms with Crippen LogP contribution in [0.5, 0.6) is 11.6 Å². The molecule has 0 aliphatic heterocycles. The summed E-state index contributed by atoms with van der Waals surface area (Å²) in [5, 5.41) is 2.87. The Hall–Kier alpha value is -2.24. The summed E-state index contributed by atoms with van der Waals surface area (Å²) in [6.45, 7) is 1.06. The molecule has 0 aliphatic rings. The van der Waals surface area contributed by atoms with Crippen molar-refractivity contribution in [3.8, 4) is 11.6 Å². The molecule has 1 aromatic heterocycles. The lowest BCUT2D eigenvalue weighted by Crippen LogP contribution is -2.35. The van der Waals surface area contributed by atoms with Gasteiger partial charge in [0.15, 0.2) is 5.96 Å². The van der Waals surface area contributed by atoms with Gasteiger partial charge in [0.2, 0.25) is 5.88 Å². The number of benzene rings is 1. The van der Waals surface area contributed by atoms with E-state index in [0.717, 1.165) is 30.0 Å². The first kappa shape index (κ1) is 23.8. The molecule has 3 N–H and O–H groups in total. The standard InChI is InChI=1S/C18H21F3N4O2.HI/c1-26-15-5-2-13(3-6-15)8-9-23-17(22)24-10-11-27-16-7-4-14(12-25-16)18(19,20)21;/h2-7,12H,8-11H2,1H3,(H3,22,23,24);1H. The Kier molecular flexibility index (Phi) is 9.83. The highest BCUT2D eigenvalue weighted by atomic mass is 127. The van der Waals surface area contributed by atoms with Gasteiger partial charge in [-0.05, 0) is 30.2 Å². The van der Waals surface area contributed by atoms with Crippen LogP contribution < -0.4 is 20.5 Å². The molecule has 1 heterocycles. The molecular formula is C18H22F3IN4O2. The number of guanidine groups is 1. The highest BCUT2D eigenvalue weighted by Crippen LogP contribution is 2.29. The van der Waals surface area contributed by atoms with Crippen molar-refractivity contribution < 1.29 is 22.6 Å². The number of hydrogen-bond acceptors (Lipinski definition) is 4. The predicted octanol–water partition coefficient (Wildman–Crippen LogP) is 3.25. The molecule has 2 aromatic rings. The Morgan fingerprint density at radius 3 is 2.46 bits per heavy atom. The second kappa shape index (κ2) is 11.6. The minimum Gasteiger partial charge on any atom is -0.497 e. The van der Waals surface area contributed by atoms with Gasteiger partial charge in [-0.1, -0.05) is 12.1 Å². The zero-order valence-corrected chi connectivity index (χ0v) is 17.5. The molecule has 1 aromatic carbocycles. The zero-order chi connectivity index (χ0) is 19.7. The van der Waals surface area contributed by atoms with Gasteiger partial charge in [0.25, 0.3) is 0 Å². The fraction of sp³-hybridized carbons (Fsp3) is 0.333. The normalized spacial score (nSPS) is 11.5. The molecule has 0 fully saturated rings. The number of methoxy groups -OCH3 is 1. The summed E-state index contributed by atoms with van der Waals surface area (Å²) in [6, 6.07) is 9.78. The molecule has 28 heavy (non-hydrogen) atoms. The van der Waals surface area contributed by atoms with Gasteiger partial charge in [0.05, 0.1) is 19.2 Å². The highest BCUT2D eigenvalue weighted by Gasteiger charge is 2.30. The Labute approximate surface area is 178 Å². The average molecular weight is 510 g/mol. The Morgan fingerprint density at radius 1 is 1.18 bits per heavy atom. The SMILES string of the molecule is COc1ccc(CCN=C(N)NCCOc2ccc(C(F)(F)F)cn2)cc1.I. The van der Waals surface area contributed by atoms with Crippen molar-refractivity contribution in [2.24, 2.45) is 10.7 Å². The van der Waals surface area contributed by atoms with E-state index >= 15 is 0 Å². The van der Waals surface area contributed by atoms with Gasteiger partial charge in [-0.3, -0.25) is 4.99 Å². The maximum atomic E-state index is 12.4. The summed E-state index contributed by atoms with van der Waals surface area (Å²) >= 11 is 0. The summed E-state index contributed by atoms with van der Waals surface area (Å²) in [4.78, 5) is 7.82. The lowest BCUT2D eigenvalue weighted by atomic mass is 10.1. The number of hydrogen-bond donors (Lipinski definition) is 2. The number of ether oxygens (including phenoxy) is 2. The third-order valence-electron chi connectivity index (χ3n) is 3.56. The number of aromatic nitrogens is 1. The van der Waals surface area contributed by atoms with Crippen LogP contribution >= 0.6 is 24.0 Å². The van der Waals surface area contributed by atoms with Gasteiger partial charge in [-0.25, -0.2) is 4.98 Å². The van der Waals surface area contributed by atoms with Crippen LogP contribution in [0.1, 0.15) is 11.1 Å². The smallest absolute Gasteiger partial charge is 0.417 e. The van der Waals surface area contributed by atoms with Gasteiger partial charge < -0.3 is 20.5 Å². The molecule has 10 heteroatoms. The Balaban J connectivity index is 0.00000392. The van der Waals surface area contributed by atoms with E-state index < -0.39 is 11.7 Å². The molecule has 0 radical (unpaired) electrons. The lowest BCUT2D eigenvalue weighted by molar-refractivity contribution is -0.137. The Bertz CT molecular complexity index is 738. The van der Waals surface area contributed by atoms with Crippen molar-refractivity contribution in [2.75, 3.05) is 26.8 Å². The summed E-state index contributed by atoms with van der Waals surface area (Å²) in [5.74, 6) is 1.18. The summed E-state index contributed by atoms with van der Waals surface area (Å²) in [5.41, 5.74) is 6.05. The third-order valence-corrected chi connectivity index (χ3v) is 3.56.